The molecule has 2 rings (SSSR count). The highest BCUT2D eigenvalue weighted by Gasteiger charge is 2.20. The molecule has 0 unspecified atom stereocenters. The first-order valence-corrected chi connectivity index (χ1v) is 6.52. The molecule has 2 aromatic rings. The van der Waals surface area contributed by atoms with Gasteiger partial charge in [-0.25, -0.2) is 0 Å². The Morgan fingerprint density at radius 3 is 2.55 bits per heavy atom. The Kier molecular flexibility index (Phi) is 3.66. The molecule has 0 fully saturated rings. The highest BCUT2D eigenvalue weighted by atomic mass is 15.4. The van der Waals surface area contributed by atoms with Crippen molar-refractivity contribution in [3.8, 4) is 6.07 Å². The van der Waals surface area contributed by atoms with E-state index in [0.29, 0.717) is 11.3 Å². The second kappa shape index (κ2) is 5.25. The first kappa shape index (κ1) is 13.9. The predicted octanol–water partition coefficient (Wildman–Crippen LogP) is 2.77. The van der Waals surface area contributed by atoms with Crippen molar-refractivity contribution < 1.29 is 0 Å². The number of nitrogens with zero attached hydrogens (tertiary/aromatic N) is 4. The molecule has 5 heteroatoms. The van der Waals surface area contributed by atoms with Crippen LogP contribution < -0.4 is 10.6 Å². The number of nitrogens with two attached hydrogens (primary N) is 1. The molecule has 5 nitrogen and oxygen atoms in total. The molecule has 104 valence electrons. The van der Waals surface area contributed by atoms with E-state index in [1.165, 1.54) is 0 Å². The lowest BCUT2D eigenvalue weighted by Gasteiger charge is -2.21. The standard InChI is InChI=1S/C15H19N5/c1-10(2)14-13(17)15(20(4)18-14)19(3)12-8-6-5-7-11(12)9-16/h5-8,10H,17H2,1-4H3. The summed E-state index contributed by atoms with van der Waals surface area (Å²) in [6.45, 7) is 4.12. The normalized spacial score (nSPS) is 10.6. The third kappa shape index (κ3) is 2.21. The summed E-state index contributed by atoms with van der Waals surface area (Å²) >= 11 is 0. The number of nitrogen functional groups attached to an aromatic ring is 1. The van der Waals surface area contributed by atoms with Crippen molar-refractivity contribution in [1.29, 1.82) is 5.26 Å². The summed E-state index contributed by atoms with van der Waals surface area (Å²) < 4.78 is 1.76. The van der Waals surface area contributed by atoms with E-state index in [4.69, 9.17) is 5.73 Å². The number of aryl methyl sites for hydroxylation is 1. The van der Waals surface area contributed by atoms with Gasteiger partial charge in [0.15, 0.2) is 5.82 Å². The minimum atomic E-state index is 0.259. The van der Waals surface area contributed by atoms with Crippen LogP contribution >= 0.6 is 0 Å². The molecular formula is C15H19N5. The van der Waals surface area contributed by atoms with Crippen LogP contribution in [0.1, 0.15) is 31.0 Å². The van der Waals surface area contributed by atoms with Crippen LogP contribution in [0.2, 0.25) is 0 Å². The van der Waals surface area contributed by atoms with Crippen LogP contribution in [-0.4, -0.2) is 16.8 Å². The molecule has 0 amide bonds. The fourth-order valence-corrected chi connectivity index (χ4v) is 2.35. The van der Waals surface area contributed by atoms with E-state index in [-0.39, 0.29) is 5.92 Å². The summed E-state index contributed by atoms with van der Waals surface area (Å²) in [6.07, 6.45) is 0. The first-order valence-electron chi connectivity index (χ1n) is 6.52. The molecule has 0 aliphatic heterocycles. The average Bonchev–Trinajstić information content (AvgIpc) is 2.73. The van der Waals surface area contributed by atoms with Gasteiger partial charge in [-0.15, -0.1) is 0 Å². The summed E-state index contributed by atoms with van der Waals surface area (Å²) in [5, 5.41) is 13.7. The van der Waals surface area contributed by atoms with Gasteiger partial charge in [-0.2, -0.15) is 10.4 Å². The largest absolute Gasteiger partial charge is 0.394 e. The van der Waals surface area contributed by atoms with Gasteiger partial charge in [0.2, 0.25) is 0 Å². The number of hydrogen-bond donors (Lipinski definition) is 1. The highest BCUT2D eigenvalue weighted by molar-refractivity contribution is 5.76. The summed E-state index contributed by atoms with van der Waals surface area (Å²) in [4.78, 5) is 1.91. The Morgan fingerprint density at radius 2 is 2.00 bits per heavy atom. The van der Waals surface area contributed by atoms with Crippen LogP contribution in [0, 0.1) is 11.3 Å². The SMILES string of the molecule is CC(C)c1nn(C)c(N(C)c2ccccc2C#N)c1N. The molecule has 1 aromatic carbocycles. The number of aromatic nitrogens is 2. The van der Waals surface area contributed by atoms with E-state index in [2.05, 4.69) is 25.0 Å². The maximum atomic E-state index is 9.22. The third-order valence-corrected chi connectivity index (χ3v) is 3.33. The van der Waals surface area contributed by atoms with Gasteiger partial charge in [-0.1, -0.05) is 26.0 Å². The maximum Gasteiger partial charge on any atom is 0.154 e. The van der Waals surface area contributed by atoms with E-state index in [9.17, 15) is 5.26 Å². The van der Waals surface area contributed by atoms with Gasteiger partial charge in [-0.3, -0.25) is 4.68 Å². The van der Waals surface area contributed by atoms with Crippen molar-refractivity contribution in [2.45, 2.75) is 19.8 Å². The fourth-order valence-electron chi connectivity index (χ4n) is 2.35. The van der Waals surface area contributed by atoms with Crippen LogP contribution in [0.15, 0.2) is 24.3 Å². The molecule has 20 heavy (non-hydrogen) atoms. The monoisotopic (exact) mass is 269 g/mol. The minimum Gasteiger partial charge on any atom is -0.394 e. The van der Waals surface area contributed by atoms with E-state index in [1.807, 2.05) is 37.2 Å². The minimum absolute atomic E-state index is 0.259. The van der Waals surface area contributed by atoms with Crippen molar-refractivity contribution in [3.05, 3.63) is 35.5 Å². The molecule has 0 saturated heterocycles. The Hall–Kier alpha value is -2.48. The quantitative estimate of drug-likeness (QED) is 0.930. The first-order chi connectivity index (χ1) is 9.47. The van der Waals surface area contributed by atoms with Gasteiger partial charge in [-0.05, 0) is 18.1 Å². The van der Waals surface area contributed by atoms with Crippen LogP contribution in [0.25, 0.3) is 0 Å². The molecule has 0 radical (unpaired) electrons. The smallest absolute Gasteiger partial charge is 0.154 e. The van der Waals surface area contributed by atoms with Crippen molar-refractivity contribution in [2.75, 3.05) is 17.7 Å². The zero-order chi connectivity index (χ0) is 14.9. The Balaban J connectivity index is 2.55. The van der Waals surface area contributed by atoms with Gasteiger partial charge in [0, 0.05) is 14.1 Å². The molecule has 1 aromatic heterocycles. The molecule has 0 aliphatic rings. The van der Waals surface area contributed by atoms with E-state index < -0.39 is 0 Å². The summed E-state index contributed by atoms with van der Waals surface area (Å²) in [6, 6.07) is 9.65. The van der Waals surface area contributed by atoms with Gasteiger partial charge in [0.25, 0.3) is 0 Å². The number of benzene rings is 1. The molecule has 2 N–H and O–H groups in total. The second-order valence-corrected chi connectivity index (χ2v) is 5.09. The molecule has 1 heterocycles. The summed E-state index contributed by atoms with van der Waals surface area (Å²) in [5.74, 6) is 1.06. The number of rotatable bonds is 3. The molecular weight excluding hydrogens is 250 g/mol. The lowest BCUT2D eigenvalue weighted by atomic mass is 10.1. The lowest BCUT2D eigenvalue weighted by Crippen LogP contribution is -2.16. The number of hydrogen-bond acceptors (Lipinski definition) is 4. The zero-order valence-electron chi connectivity index (χ0n) is 12.3. The van der Waals surface area contributed by atoms with Gasteiger partial charge < -0.3 is 10.6 Å². The van der Waals surface area contributed by atoms with Crippen molar-refractivity contribution in [1.82, 2.24) is 9.78 Å². The molecule has 0 saturated carbocycles. The topological polar surface area (TPSA) is 70.9 Å². The molecule has 0 aliphatic carbocycles. The second-order valence-electron chi connectivity index (χ2n) is 5.09. The van der Waals surface area contributed by atoms with Crippen LogP contribution in [0.4, 0.5) is 17.2 Å². The van der Waals surface area contributed by atoms with E-state index >= 15 is 0 Å². The molecule has 0 spiro atoms. The highest BCUT2D eigenvalue weighted by Crippen LogP contribution is 2.34. The van der Waals surface area contributed by atoms with Gasteiger partial charge in [0.05, 0.1) is 22.6 Å². The van der Waals surface area contributed by atoms with Crippen molar-refractivity contribution in [2.24, 2.45) is 7.05 Å². The lowest BCUT2D eigenvalue weighted by molar-refractivity contribution is 0.711. The average molecular weight is 269 g/mol. The van der Waals surface area contributed by atoms with Gasteiger partial charge >= 0.3 is 0 Å². The predicted molar refractivity (Wildman–Crippen MR) is 80.9 cm³/mol. The maximum absolute atomic E-state index is 9.22. The number of anilines is 3. The van der Waals surface area contributed by atoms with E-state index in [0.717, 1.165) is 17.2 Å². The Morgan fingerprint density at radius 1 is 1.35 bits per heavy atom. The van der Waals surface area contributed by atoms with E-state index in [1.54, 1.807) is 10.7 Å². The zero-order valence-corrected chi connectivity index (χ0v) is 12.3. The number of para-hydroxylation sites is 1. The Labute approximate surface area is 119 Å². The van der Waals surface area contributed by atoms with Crippen molar-refractivity contribution >= 4 is 17.2 Å². The van der Waals surface area contributed by atoms with Crippen molar-refractivity contribution in [3.63, 3.8) is 0 Å². The summed E-state index contributed by atoms with van der Waals surface area (Å²) in [5.41, 5.74) is 9.20. The van der Waals surface area contributed by atoms with Crippen LogP contribution in [0.3, 0.4) is 0 Å². The third-order valence-electron chi connectivity index (χ3n) is 3.33. The molecule has 0 atom stereocenters. The summed E-state index contributed by atoms with van der Waals surface area (Å²) in [7, 11) is 3.76. The number of nitriles is 1. The fraction of sp³-hybridized carbons (Fsp3) is 0.333. The molecule has 0 bridgehead atoms. The van der Waals surface area contributed by atoms with Crippen LogP contribution in [0.5, 0.6) is 0 Å². The van der Waals surface area contributed by atoms with Gasteiger partial charge in [0.1, 0.15) is 6.07 Å². The van der Waals surface area contributed by atoms with Crippen LogP contribution in [-0.2, 0) is 7.05 Å². The Bertz CT molecular complexity index is 663.